The van der Waals surface area contributed by atoms with Gasteiger partial charge in [0.15, 0.2) is 0 Å². The molecule has 156 valence electrons. The predicted octanol–water partition coefficient (Wildman–Crippen LogP) is 3.22. The van der Waals surface area contributed by atoms with Crippen LogP contribution in [0.2, 0.25) is 0 Å². The van der Waals surface area contributed by atoms with Gasteiger partial charge < -0.3 is 19.8 Å². The molecule has 1 aliphatic carbocycles. The van der Waals surface area contributed by atoms with Crippen molar-refractivity contribution in [2.45, 2.75) is 69.8 Å². The zero-order chi connectivity index (χ0) is 20.7. The van der Waals surface area contributed by atoms with Crippen LogP contribution in [0.15, 0.2) is 18.2 Å². The molecule has 8 nitrogen and oxygen atoms in total. The van der Waals surface area contributed by atoms with E-state index in [4.69, 9.17) is 4.74 Å². The van der Waals surface area contributed by atoms with Crippen molar-refractivity contribution in [1.29, 1.82) is 0 Å². The zero-order valence-electron chi connectivity index (χ0n) is 16.4. The molecule has 0 unspecified atom stereocenters. The van der Waals surface area contributed by atoms with Gasteiger partial charge in [0, 0.05) is 0 Å². The number of benzene rings is 1. The molecule has 2 atom stereocenters. The predicted molar refractivity (Wildman–Crippen MR) is 101 cm³/mol. The Morgan fingerprint density at radius 1 is 1.29 bits per heavy atom. The van der Waals surface area contributed by atoms with Gasteiger partial charge in [-0.25, -0.2) is 0 Å². The Morgan fingerprint density at radius 2 is 2.00 bits per heavy atom. The van der Waals surface area contributed by atoms with Crippen LogP contribution in [0.4, 0.5) is 0 Å². The Kier molecular flexibility index (Phi) is 7.62. The van der Waals surface area contributed by atoms with Crippen molar-refractivity contribution in [3.63, 3.8) is 0 Å². The number of ether oxygens (including phenoxy) is 1. The summed E-state index contributed by atoms with van der Waals surface area (Å²) in [7, 11) is 0. The largest absolute Gasteiger partial charge is 0.508 e. The lowest BCUT2D eigenvalue weighted by Crippen LogP contribution is -2.31. The van der Waals surface area contributed by atoms with Gasteiger partial charge in [0.1, 0.15) is 5.75 Å². The Morgan fingerprint density at radius 3 is 2.64 bits per heavy atom. The van der Waals surface area contributed by atoms with Crippen molar-refractivity contribution in [3.05, 3.63) is 39.4 Å². The number of aliphatic hydroxyl groups excluding tert-OH is 1. The molecule has 0 saturated heterocycles. The molecule has 1 fully saturated rings. The molecule has 1 aliphatic rings. The standard InChI is InChI=1S/C20H29NO7/c1-20(2,19(24)27-10-3-4-11-28-21(25)26)15-8-9-17(18(23)13-15)14-6-5-7-16(22)12-14/h8-9,13-14,16,22-23H,3-7,10-12H2,1-2H3/t14-,16-/m0/s1. The molecule has 0 bridgehead atoms. The molecule has 8 heteroatoms. The molecular weight excluding hydrogens is 366 g/mol. The molecule has 0 aromatic heterocycles. The number of nitrogens with zero attached hydrogens (tertiary/aromatic N) is 1. The Hall–Kier alpha value is -2.35. The smallest absolute Gasteiger partial charge is 0.315 e. The van der Waals surface area contributed by atoms with E-state index < -0.39 is 16.5 Å². The second kappa shape index (κ2) is 9.73. The highest BCUT2D eigenvalue weighted by Crippen LogP contribution is 2.39. The summed E-state index contributed by atoms with van der Waals surface area (Å²) in [6, 6.07) is 5.25. The van der Waals surface area contributed by atoms with E-state index in [9.17, 15) is 25.1 Å². The number of hydrogen-bond acceptors (Lipinski definition) is 7. The fourth-order valence-electron chi connectivity index (χ4n) is 3.53. The molecule has 0 aliphatic heterocycles. The molecule has 28 heavy (non-hydrogen) atoms. The second-order valence-corrected chi connectivity index (χ2v) is 7.82. The number of esters is 1. The number of unbranched alkanes of at least 4 members (excludes halogenated alkanes) is 1. The van der Waals surface area contributed by atoms with Gasteiger partial charge >= 0.3 is 5.97 Å². The maximum Gasteiger partial charge on any atom is 0.315 e. The highest BCUT2D eigenvalue weighted by Gasteiger charge is 2.33. The minimum absolute atomic E-state index is 0.0286. The summed E-state index contributed by atoms with van der Waals surface area (Å²) in [6.07, 6.45) is 3.83. The molecule has 0 radical (unpaired) electrons. The SMILES string of the molecule is CC(C)(C(=O)OCCCCO[N+](=O)[O-])c1ccc([C@H]2CCC[C@H](O)C2)c(O)c1. The van der Waals surface area contributed by atoms with Crippen LogP contribution in [0.5, 0.6) is 5.75 Å². The maximum atomic E-state index is 12.5. The van der Waals surface area contributed by atoms with E-state index in [1.807, 2.05) is 12.1 Å². The lowest BCUT2D eigenvalue weighted by Gasteiger charge is -2.28. The van der Waals surface area contributed by atoms with Gasteiger partial charge in [-0.1, -0.05) is 18.6 Å². The molecule has 0 spiro atoms. The van der Waals surface area contributed by atoms with Crippen molar-refractivity contribution in [3.8, 4) is 5.75 Å². The van der Waals surface area contributed by atoms with Crippen molar-refractivity contribution in [1.82, 2.24) is 0 Å². The normalized spacial score (nSPS) is 19.8. The fraction of sp³-hybridized carbons (Fsp3) is 0.650. The van der Waals surface area contributed by atoms with Crippen molar-refractivity contribution in [2.24, 2.45) is 0 Å². The van der Waals surface area contributed by atoms with Crippen molar-refractivity contribution in [2.75, 3.05) is 13.2 Å². The van der Waals surface area contributed by atoms with Gasteiger partial charge in [0.05, 0.1) is 24.7 Å². The van der Waals surface area contributed by atoms with Crippen LogP contribution in [-0.4, -0.2) is 40.6 Å². The summed E-state index contributed by atoms with van der Waals surface area (Å²) < 4.78 is 5.29. The number of phenols is 1. The first-order valence-corrected chi connectivity index (χ1v) is 9.67. The molecule has 0 heterocycles. The van der Waals surface area contributed by atoms with Crippen molar-refractivity contribution < 1.29 is 29.7 Å². The van der Waals surface area contributed by atoms with E-state index in [2.05, 4.69) is 4.84 Å². The Labute approximate surface area is 164 Å². The van der Waals surface area contributed by atoms with Gasteiger partial charge in [-0.3, -0.25) is 4.79 Å². The highest BCUT2D eigenvalue weighted by atomic mass is 16.9. The van der Waals surface area contributed by atoms with Gasteiger partial charge in [0.25, 0.3) is 5.09 Å². The molecule has 1 saturated carbocycles. The molecule has 0 amide bonds. The number of aromatic hydroxyl groups is 1. The first-order valence-electron chi connectivity index (χ1n) is 9.67. The topological polar surface area (TPSA) is 119 Å². The number of hydrogen-bond donors (Lipinski definition) is 2. The van der Waals surface area contributed by atoms with Crippen LogP contribution in [-0.2, 0) is 19.8 Å². The summed E-state index contributed by atoms with van der Waals surface area (Å²) in [5, 5.41) is 29.6. The number of phenolic OH excluding ortho intramolecular Hbond substituents is 1. The Balaban J connectivity index is 1.93. The number of rotatable bonds is 9. The summed E-state index contributed by atoms with van der Waals surface area (Å²) >= 11 is 0. The van der Waals surface area contributed by atoms with E-state index in [-0.39, 0.29) is 31.0 Å². The number of carbonyl (C=O) groups is 1. The van der Waals surface area contributed by atoms with Crippen LogP contribution in [0.25, 0.3) is 0 Å². The third-order valence-corrected chi connectivity index (χ3v) is 5.32. The lowest BCUT2D eigenvalue weighted by molar-refractivity contribution is -0.757. The summed E-state index contributed by atoms with van der Waals surface area (Å²) in [5.74, 6) is -0.174. The van der Waals surface area contributed by atoms with E-state index in [1.54, 1.807) is 19.9 Å². The minimum Gasteiger partial charge on any atom is -0.508 e. The summed E-state index contributed by atoms with van der Waals surface area (Å²) in [4.78, 5) is 26.7. The van der Waals surface area contributed by atoms with E-state index in [0.717, 1.165) is 24.8 Å². The van der Waals surface area contributed by atoms with E-state index >= 15 is 0 Å². The average Bonchev–Trinajstić information content (AvgIpc) is 2.63. The maximum absolute atomic E-state index is 12.5. The van der Waals surface area contributed by atoms with Crippen LogP contribution in [0.3, 0.4) is 0 Å². The molecule has 1 aromatic carbocycles. The van der Waals surface area contributed by atoms with E-state index in [1.165, 1.54) is 0 Å². The summed E-state index contributed by atoms with van der Waals surface area (Å²) in [5.41, 5.74) is 0.503. The van der Waals surface area contributed by atoms with Gasteiger partial charge in [-0.2, -0.15) is 0 Å². The first-order chi connectivity index (χ1) is 13.2. The van der Waals surface area contributed by atoms with Crippen molar-refractivity contribution >= 4 is 5.97 Å². The molecule has 2 N–H and O–H groups in total. The monoisotopic (exact) mass is 395 g/mol. The quantitative estimate of drug-likeness (QED) is 0.285. The van der Waals surface area contributed by atoms with Crippen LogP contribution in [0, 0.1) is 10.1 Å². The number of aliphatic hydroxyl groups is 1. The lowest BCUT2D eigenvalue weighted by atomic mass is 9.79. The van der Waals surface area contributed by atoms with Crippen LogP contribution < -0.4 is 0 Å². The first kappa shape index (κ1) is 21.9. The molecular formula is C20H29NO7. The molecule has 1 aromatic rings. The van der Waals surface area contributed by atoms with Gasteiger partial charge in [-0.15, -0.1) is 10.1 Å². The fourth-order valence-corrected chi connectivity index (χ4v) is 3.53. The van der Waals surface area contributed by atoms with Gasteiger partial charge in [0.2, 0.25) is 0 Å². The summed E-state index contributed by atoms with van der Waals surface area (Å²) in [6.45, 7) is 3.57. The Bertz CT molecular complexity index is 689. The third-order valence-electron chi connectivity index (χ3n) is 5.32. The van der Waals surface area contributed by atoms with Crippen LogP contribution in [0.1, 0.15) is 69.4 Å². The minimum atomic E-state index is -0.945. The third kappa shape index (κ3) is 5.82. The second-order valence-electron chi connectivity index (χ2n) is 7.82. The molecule has 2 rings (SSSR count). The van der Waals surface area contributed by atoms with Gasteiger partial charge in [-0.05, 0) is 69.1 Å². The average molecular weight is 395 g/mol. The highest BCUT2D eigenvalue weighted by molar-refractivity contribution is 5.82. The van der Waals surface area contributed by atoms with Crippen LogP contribution >= 0.6 is 0 Å². The zero-order valence-corrected chi connectivity index (χ0v) is 16.4. The van der Waals surface area contributed by atoms with E-state index in [0.29, 0.717) is 24.8 Å². The number of carbonyl (C=O) groups excluding carboxylic acids is 1.